The first-order valence-corrected chi connectivity index (χ1v) is 7.57. The molecule has 0 radical (unpaired) electrons. The number of hydrogen-bond acceptors (Lipinski definition) is 2. The Bertz CT molecular complexity index is 821. The average Bonchev–Trinajstić information content (AvgIpc) is 2.80. The van der Waals surface area contributed by atoms with E-state index in [4.69, 9.17) is 0 Å². The Balaban J connectivity index is 1.87. The number of amides is 3. The molecular formula is C18H15F3N2O2. The van der Waals surface area contributed by atoms with Crippen LogP contribution in [0, 0.1) is 0 Å². The Morgan fingerprint density at radius 1 is 1.04 bits per heavy atom. The van der Waals surface area contributed by atoms with Gasteiger partial charge in [0.25, 0.3) is 5.91 Å². The first-order chi connectivity index (χ1) is 11.7. The lowest BCUT2D eigenvalue weighted by molar-refractivity contribution is -0.137. The Morgan fingerprint density at radius 3 is 2.36 bits per heavy atom. The van der Waals surface area contributed by atoms with Crippen LogP contribution in [0.3, 0.4) is 0 Å². The second kappa shape index (κ2) is 5.91. The third kappa shape index (κ3) is 3.09. The molecule has 1 atom stereocenters. The van der Waals surface area contributed by atoms with Crippen LogP contribution in [0.25, 0.3) is 0 Å². The van der Waals surface area contributed by atoms with Gasteiger partial charge in [-0.1, -0.05) is 42.5 Å². The second-order valence-electron chi connectivity index (χ2n) is 6.01. The summed E-state index contributed by atoms with van der Waals surface area (Å²) in [5.41, 5.74) is -1.21. The van der Waals surface area contributed by atoms with Crippen LogP contribution in [-0.2, 0) is 23.1 Å². The molecule has 1 fully saturated rings. The molecule has 4 nitrogen and oxygen atoms in total. The van der Waals surface area contributed by atoms with Gasteiger partial charge in [0.15, 0.2) is 0 Å². The quantitative estimate of drug-likeness (QED) is 0.861. The van der Waals surface area contributed by atoms with Crippen molar-refractivity contribution in [1.29, 1.82) is 0 Å². The average molecular weight is 348 g/mol. The molecule has 0 aromatic heterocycles. The van der Waals surface area contributed by atoms with Gasteiger partial charge < -0.3 is 5.32 Å². The molecule has 1 N–H and O–H groups in total. The zero-order valence-corrected chi connectivity index (χ0v) is 13.3. The first-order valence-electron chi connectivity index (χ1n) is 7.57. The van der Waals surface area contributed by atoms with Crippen molar-refractivity contribution < 1.29 is 22.8 Å². The molecule has 0 saturated carbocycles. The molecule has 1 saturated heterocycles. The predicted molar refractivity (Wildman–Crippen MR) is 84.3 cm³/mol. The topological polar surface area (TPSA) is 49.4 Å². The Morgan fingerprint density at radius 2 is 1.72 bits per heavy atom. The van der Waals surface area contributed by atoms with Crippen molar-refractivity contribution in [1.82, 2.24) is 10.2 Å². The smallest absolute Gasteiger partial charge is 0.319 e. The van der Waals surface area contributed by atoms with E-state index in [1.54, 1.807) is 37.3 Å². The SMILES string of the molecule is C[C@@]1(c2ccccc2)NC(=O)N(Cc2cccc(C(F)(F)F)c2)C1=O. The molecule has 130 valence electrons. The van der Waals surface area contributed by atoms with Crippen LogP contribution in [0.1, 0.15) is 23.6 Å². The van der Waals surface area contributed by atoms with Crippen molar-refractivity contribution in [2.24, 2.45) is 0 Å². The number of benzene rings is 2. The van der Waals surface area contributed by atoms with Crippen molar-refractivity contribution in [2.75, 3.05) is 0 Å². The van der Waals surface area contributed by atoms with Gasteiger partial charge in [-0.3, -0.25) is 9.69 Å². The number of rotatable bonds is 3. The fourth-order valence-electron chi connectivity index (χ4n) is 2.84. The number of halogens is 3. The lowest BCUT2D eigenvalue weighted by Gasteiger charge is -2.22. The maximum atomic E-state index is 12.8. The number of hydrogen-bond donors (Lipinski definition) is 1. The highest BCUT2D eigenvalue weighted by Gasteiger charge is 2.48. The zero-order chi connectivity index (χ0) is 18.2. The van der Waals surface area contributed by atoms with Gasteiger partial charge in [-0.25, -0.2) is 4.79 Å². The van der Waals surface area contributed by atoms with E-state index in [0.717, 1.165) is 17.0 Å². The molecule has 3 rings (SSSR count). The third-order valence-corrected chi connectivity index (χ3v) is 4.22. The van der Waals surface area contributed by atoms with Gasteiger partial charge in [0, 0.05) is 0 Å². The van der Waals surface area contributed by atoms with Gasteiger partial charge in [-0.2, -0.15) is 13.2 Å². The molecule has 0 unspecified atom stereocenters. The van der Waals surface area contributed by atoms with E-state index >= 15 is 0 Å². The van der Waals surface area contributed by atoms with Crippen molar-refractivity contribution in [3.63, 3.8) is 0 Å². The lowest BCUT2D eigenvalue weighted by Crippen LogP contribution is -2.40. The van der Waals surface area contributed by atoms with E-state index in [2.05, 4.69) is 5.32 Å². The zero-order valence-electron chi connectivity index (χ0n) is 13.3. The molecule has 0 bridgehead atoms. The normalized spacial score (nSPS) is 20.7. The summed E-state index contributed by atoms with van der Waals surface area (Å²) in [6.07, 6.45) is -4.48. The summed E-state index contributed by atoms with van der Waals surface area (Å²) in [6.45, 7) is 1.35. The van der Waals surface area contributed by atoms with Crippen molar-refractivity contribution in [2.45, 2.75) is 25.2 Å². The van der Waals surface area contributed by atoms with Gasteiger partial charge in [-0.15, -0.1) is 0 Å². The van der Waals surface area contributed by atoms with Gasteiger partial charge in [-0.05, 0) is 30.2 Å². The molecule has 25 heavy (non-hydrogen) atoms. The van der Waals surface area contributed by atoms with Crippen LogP contribution in [0.4, 0.5) is 18.0 Å². The summed E-state index contributed by atoms with van der Waals surface area (Å²) < 4.78 is 38.5. The molecule has 1 aliphatic heterocycles. The van der Waals surface area contributed by atoms with Crippen LogP contribution < -0.4 is 5.32 Å². The van der Waals surface area contributed by atoms with Crippen molar-refractivity contribution in [3.05, 3.63) is 71.3 Å². The molecule has 0 aliphatic carbocycles. The Labute approximate surface area is 142 Å². The van der Waals surface area contributed by atoms with E-state index in [-0.39, 0.29) is 12.1 Å². The maximum absolute atomic E-state index is 12.8. The van der Waals surface area contributed by atoms with E-state index in [1.807, 2.05) is 0 Å². The summed E-state index contributed by atoms with van der Waals surface area (Å²) in [7, 11) is 0. The maximum Gasteiger partial charge on any atom is 0.416 e. The van der Waals surface area contributed by atoms with Gasteiger partial charge >= 0.3 is 12.2 Å². The molecule has 2 aromatic carbocycles. The van der Waals surface area contributed by atoms with Crippen LogP contribution in [0.2, 0.25) is 0 Å². The lowest BCUT2D eigenvalue weighted by atomic mass is 9.92. The molecular weight excluding hydrogens is 333 g/mol. The highest BCUT2D eigenvalue weighted by atomic mass is 19.4. The molecule has 1 aliphatic rings. The Hall–Kier alpha value is -2.83. The number of urea groups is 1. The van der Waals surface area contributed by atoms with E-state index in [0.29, 0.717) is 5.56 Å². The fraction of sp³-hybridized carbons (Fsp3) is 0.222. The molecule has 3 amide bonds. The number of nitrogens with one attached hydrogen (secondary N) is 1. The van der Waals surface area contributed by atoms with Crippen LogP contribution in [0.5, 0.6) is 0 Å². The van der Waals surface area contributed by atoms with Crippen LogP contribution in [-0.4, -0.2) is 16.8 Å². The van der Waals surface area contributed by atoms with E-state index < -0.39 is 29.2 Å². The predicted octanol–water partition coefficient (Wildman–Crippen LogP) is 3.67. The minimum Gasteiger partial charge on any atom is -0.319 e. The second-order valence-corrected chi connectivity index (χ2v) is 6.01. The summed E-state index contributed by atoms with van der Waals surface area (Å²) in [4.78, 5) is 25.9. The van der Waals surface area contributed by atoms with Gasteiger partial charge in [0.2, 0.25) is 0 Å². The number of alkyl halides is 3. The number of imide groups is 1. The summed E-state index contributed by atoms with van der Waals surface area (Å²) >= 11 is 0. The summed E-state index contributed by atoms with van der Waals surface area (Å²) in [5, 5.41) is 2.63. The highest BCUT2D eigenvalue weighted by molar-refractivity contribution is 6.07. The van der Waals surface area contributed by atoms with Crippen LogP contribution in [0.15, 0.2) is 54.6 Å². The van der Waals surface area contributed by atoms with Gasteiger partial charge in [0.05, 0.1) is 12.1 Å². The van der Waals surface area contributed by atoms with Gasteiger partial charge in [0.1, 0.15) is 5.54 Å². The number of carbonyl (C=O) groups is 2. The number of nitrogens with zero attached hydrogens (tertiary/aromatic N) is 1. The molecule has 0 spiro atoms. The summed E-state index contributed by atoms with van der Waals surface area (Å²) in [6, 6.07) is 12.7. The van der Waals surface area contributed by atoms with Crippen LogP contribution >= 0.6 is 0 Å². The highest BCUT2D eigenvalue weighted by Crippen LogP contribution is 2.32. The standard InChI is InChI=1S/C18H15F3N2O2/c1-17(13-7-3-2-4-8-13)15(24)23(16(25)22-17)11-12-6-5-9-14(10-12)18(19,20)21/h2-10H,11H2,1H3,(H,22,25)/t17-/m0/s1. The molecule has 1 heterocycles. The van der Waals surface area contributed by atoms with Crippen molar-refractivity contribution in [3.8, 4) is 0 Å². The van der Waals surface area contributed by atoms with E-state index in [9.17, 15) is 22.8 Å². The molecule has 7 heteroatoms. The first kappa shape index (κ1) is 17.0. The summed E-state index contributed by atoms with van der Waals surface area (Å²) in [5.74, 6) is -0.499. The minimum atomic E-state index is -4.48. The Kier molecular flexibility index (Phi) is 4.02. The third-order valence-electron chi connectivity index (χ3n) is 4.22. The number of carbonyl (C=O) groups excluding carboxylic acids is 2. The minimum absolute atomic E-state index is 0.225. The van der Waals surface area contributed by atoms with Crippen molar-refractivity contribution >= 4 is 11.9 Å². The van der Waals surface area contributed by atoms with E-state index in [1.165, 1.54) is 12.1 Å². The largest absolute Gasteiger partial charge is 0.416 e. The fourth-order valence-corrected chi connectivity index (χ4v) is 2.84. The monoisotopic (exact) mass is 348 g/mol. The molecule has 2 aromatic rings.